The minimum absolute atomic E-state index is 0.0794. The zero-order valence-electron chi connectivity index (χ0n) is 19.2. The lowest BCUT2D eigenvalue weighted by Crippen LogP contribution is -2.46. The van der Waals surface area contributed by atoms with Crippen molar-refractivity contribution in [2.75, 3.05) is 6.61 Å². The highest BCUT2D eigenvalue weighted by atomic mass is 16.3. The van der Waals surface area contributed by atoms with E-state index in [9.17, 15) is 15.0 Å². The summed E-state index contributed by atoms with van der Waals surface area (Å²) >= 11 is 0. The Bertz CT molecular complexity index is 520. The Hall–Kier alpha value is -1.39. The van der Waals surface area contributed by atoms with Crippen LogP contribution >= 0.6 is 0 Å². The van der Waals surface area contributed by atoms with Gasteiger partial charge in [-0.25, -0.2) is 0 Å². The van der Waals surface area contributed by atoms with Gasteiger partial charge in [0.15, 0.2) is 0 Å². The Labute approximate surface area is 184 Å². The van der Waals surface area contributed by atoms with E-state index in [4.69, 9.17) is 0 Å². The predicted octanol–water partition coefficient (Wildman–Crippen LogP) is 5.55. The molecule has 1 rings (SSSR count). The van der Waals surface area contributed by atoms with E-state index < -0.39 is 12.1 Å². The topological polar surface area (TPSA) is 69.6 Å². The maximum Gasteiger partial charge on any atom is 0.220 e. The van der Waals surface area contributed by atoms with Crippen molar-refractivity contribution < 1.29 is 15.0 Å². The van der Waals surface area contributed by atoms with Gasteiger partial charge in [-0.05, 0) is 12.0 Å². The first kappa shape index (κ1) is 26.6. The second kappa shape index (κ2) is 18.4. The molecule has 4 nitrogen and oxygen atoms in total. The van der Waals surface area contributed by atoms with Crippen LogP contribution in [0.1, 0.15) is 102 Å². The van der Waals surface area contributed by atoms with Crippen LogP contribution in [0.4, 0.5) is 0 Å². The van der Waals surface area contributed by atoms with Gasteiger partial charge in [-0.2, -0.15) is 0 Å². The van der Waals surface area contributed by atoms with E-state index in [1.165, 1.54) is 70.6 Å². The maximum atomic E-state index is 12.1. The summed E-state index contributed by atoms with van der Waals surface area (Å²) in [6.07, 6.45) is 16.8. The Morgan fingerprint density at radius 2 is 1.33 bits per heavy atom. The summed E-state index contributed by atoms with van der Waals surface area (Å²) in [7, 11) is 0. The van der Waals surface area contributed by atoms with Gasteiger partial charge in [0.2, 0.25) is 5.91 Å². The Kier molecular flexibility index (Phi) is 16.3. The van der Waals surface area contributed by atoms with E-state index in [-0.39, 0.29) is 12.5 Å². The van der Waals surface area contributed by atoms with Gasteiger partial charge in [0.05, 0.1) is 18.8 Å². The summed E-state index contributed by atoms with van der Waals surface area (Å²) in [6, 6.07) is 9.03. The second-order valence-electron chi connectivity index (χ2n) is 8.61. The van der Waals surface area contributed by atoms with Gasteiger partial charge < -0.3 is 15.5 Å². The van der Waals surface area contributed by atoms with Crippen LogP contribution in [0.15, 0.2) is 30.3 Å². The predicted molar refractivity (Wildman–Crippen MR) is 125 cm³/mol. The molecule has 0 spiro atoms. The number of carbonyl (C=O) groups is 1. The van der Waals surface area contributed by atoms with E-state index in [1.54, 1.807) is 0 Å². The molecule has 2 atom stereocenters. The first-order valence-electron chi connectivity index (χ1n) is 12.3. The Morgan fingerprint density at radius 1 is 0.833 bits per heavy atom. The van der Waals surface area contributed by atoms with Gasteiger partial charge in [0.1, 0.15) is 0 Å². The smallest absolute Gasteiger partial charge is 0.220 e. The number of aliphatic hydroxyl groups is 2. The molecule has 3 N–H and O–H groups in total. The number of rotatable bonds is 19. The molecule has 0 fully saturated rings. The van der Waals surface area contributed by atoms with Gasteiger partial charge in [0, 0.05) is 12.8 Å². The molecule has 0 aliphatic carbocycles. The van der Waals surface area contributed by atoms with Crippen LogP contribution in [0.3, 0.4) is 0 Å². The fraction of sp³-hybridized carbons (Fsp3) is 0.731. The first-order chi connectivity index (χ1) is 14.7. The van der Waals surface area contributed by atoms with Crippen molar-refractivity contribution >= 4 is 5.91 Å². The molecule has 1 aromatic rings. The zero-order valence-corrected chi connectivity index (χ0v) is 19.2. The highest BCUT2D eigenvalue weighted by molar-refractivity contribution is 5.76. The molecule has 0 saturated carbocycles. The highest BCUT2D eigenvalue weighted by Crippen LogP contribution is 2.13. The third kappa shape index (κ3) is 13.8. The number of carbonyl (C=O) groups excluding carboxylic acids is 1. The fourth-order valence-electron chi connectivity index (χ4n) is 3.84. The van der Waals surface area contributed by atoms with E-state index in [0.29, 0.717) is 12.8 Å². The number of hydrogen-bond donors (Lipinski definition) is 3. The fourth-order valence-corrected chi connectivity index (χ4v) is 3.84. The summed E-state index contributed by atoms with van der Waals surface area (Å²) in [6.45, 7) is 2.01. The number of nitrogens with one attached hydrogen (secondary N) is 1. The van der Waals surface area contributed by atoms with Crippen LogP contribution in [-0.4, -0.2) is 34.9 Å². The number of aliphatic hydroxyl groups excluding tert-OH is 2. The van der Waals surface area contributed by atoms with E-state index in [2.05, 4.69) is 12.2 Å². The third-order valence-corrected chi connectivity index (χ3v) is 5.80. The second-order valence-corrected chi connectivity index (χ2v) is 8.61. The molecule has 172 valence electrons. The average molecular weight is 420 g/mol. The molecule has 0 aromatic heterocycles. The summed E-state index contributed by atoms with van der Waals surface area (Å²) < 4.78 is 0. The van der Waals surface area contributed by atoms with Crippen molar-refractivity contribution in [3.8, 4) is 0 Å². The van der Waals surface area contributed by atoms with Crippen molar-refractivity contribution in [3.05, 3.63) is 35.9 Å². The number of unbranched alkanes of at least 4 members (excludes halogenated alkanes) is 12. The van der Waals surface area contributed by atoms with Crippen LogP contribution in [0, 0.1) is 0 Å². The molecule has 1 amide bonds. The summed E-state index contributed by atoms with van der Waals surface area (Å²) in [5.74, 6) is -0.0794. The summed E-state index contributed by atoms with van der Waals surface area (Å²) in [5, 5.41) is 22.6. The number of amides is 1. The Balaban J connectivity index is 2.00. The van der Waals surface area contributed by atoms with E-state index in [0.717, 1.165) is 18.4 Å². The minimum atomic E-state index is -0.784. The SMILES string of the molecule is CCCCCCCCCCCCCCCC(=O)N[C@@H](CO)[C@@H](O)Cc1ccccc1. The lowest BCUT2D eigenvalue weighted by atomic mass is 10.0. The van der Waals surface area contributed by atoms with Crippen LogP contribution in [-0.2, 0) is 11.2 Å². The standard InChI is InChI=1S/C26H45NO3/c1-2-3-4-5-6-7-8-9-10-11-12-13-17-20-26(30)27-24(22-28)25(29)21-23-18-15-14-16-19-23/h14-16,18-19,24-25,28-29H,2-13,17,20-22H2,1H3,(H,27,30)/t24-,25-/m0/s1. The molecule has 4 heteroatoms. The molecule has 0 radical (unpaired) electrons. The quantitative estimate of drug-likeness (QED) is 0.258. The van der Waals surface area contributed by atoms with Crippen molar-refractivity contribution in [3.63, 3.8) is 0 Å². The van der Waals surface area contributed by atoms with Crippen molar-refractivity contribution in [1.82, 2.24) is 5.32 Å². The monoisotopic (exact) mass is 419 g/mol. The number of hydrogen-bond acceptors (Lipinski definition) is 3. The van der Waals surface area contributed by atoms with Crippen molar-refractivity contribution in [2.24, 2.45) is 0 Å². The highest BCUT2D eigenvalue weighted by Gasteiger charge is 2.20. The average Bonchev–Trinajstić information content (AvgIpc) is 2.76. The van der Waals surface area contributed by atoms with Gasteiger partial charge in [0.25, 0.3) is 0 Å². The first-order valence-corrected chi connectivity index (χ1v) is 12.3. The van der Waals surface area contributed by atoms with Crippen molar-refractivity contribution in [1.29, 1.82) is 0 Å². The molecule has 30 heavy (non-hydrogen) atoms. The molecular formula is C26H45NO3. The van der Waals surface area contributed by atoms with Crippen molar-refractivity contribution in [2.45, 2.75) is 115 Å². The summed E-state index contributed by atoms with van der Waals surface area (Å²) in [5.41, 5.74) is 0.995. The van der Waals surface area contributed by atoms with Gasteiger partial charge >= 0.3 is 0 Å². The molecular weight excluding hydrogens is 374 g/mol. The maximum absolute atomic E-state index is 12.1. The summed E-state index contributed by atoms with van der Waals surface area (Å²) in [4.78, 5) is 12.1. The molecule has 0 aliphatic heterocycles. The molecule has 0 aliphatic rings. The number of benzene rings is 1. The molecule has 1 aromatic carbocycles. The lowest BCUT2D eigenvalue weighted by Gasteiger charge is -2.22. The molecule has 0 saturated heterocycles. The van der Waals surface area contributed by atoms with Gasteiger partial charge in [-0.1, -0.05) is 114 Å². The zero-order chi connectivity index (χ0) is 21.9. The van der Waals surface area contributed by atoms with E-state index in [1.807, 2.05) is 30.3 Å². The van der Waals surface area contributed by atoms with Gasteiger partial charge in [-0.15, -0.1) is 0 Å². The van der Waals surface area contributed by atoms with Crippen LogP contribution in [0.5, 0.6) is 0 Å². The van der Waals surface area contributed by atoms with E-state index >= 15 is 0 Å². The Morgan fingerprint density at radius 3 is 1.83 bits per heavy atom. The minimum Gasteiger partial charge on any atom is -0.394 e. The van der Waals surface area contributed by atoms with Crippen LogP contribution in [0.25, 0.3) is 0 Å². The molecule has 0 bridgehead atoms. The lowest BCUT2D eigenvalue weighted by molar-refractivity contribution is -0.123. The normalized spacial score (nSPS) is 13.2. The third-order valence-electron chi connectivity index (χ3n) is 5.80. The van der Waals surface area contributed by atoms with Crippen LogP contribution in [0.2, 0.25) is 0 Å². The largest absolute Gasteiger partial charge is 0.394 e. The molecule has 0 unspecified atom stereocenters. The van der Waals surface area contributed by atoms with Gasteiger partial charge in [-0.3, -0.25) is 4.79 Å². The molecule has 0 heterocycles. The van der Waals surface area contributed by atoms with Crippen LogP contribution < -0.4 is 5.32 Å².